The quantitative estimate of drug-likeness (QED) is 0.0357. The molecule has 546 valence electrons. The van der Waals surface area contributed by atoms with Crippen molar-refractivity contribution in [1.82, 2.24) is 0 Å². The summed E-state index contributed by atoms with van der Waals surface area (Å²) >= 11 is 0. The van der Waals surface area contributed by atoms with Crippen molar-refractivity contribution in [3.8, 4) is 11.5 Å². The third-order valence-corrected chi connectivity index (χ3v) is 29.7. The zero-order valence-electron chi connectivity index (χ0n) is 59.2. The lowest BCUT2D eigenvalue weighted by atomic mass is 9.27. The minimum atomic E-state index is -2.00. The van der Waals surface area contributed by atoms with E-state index in [0.29, 0.717) is 91.1 Å². The number of benzene rings is 2. The van der Waals surface area contributed by atoms with E-state index < -0.39 is 94.8 Å². The summed E-state index contributed by atoms with van der Waals surface area (Å²) in [7, 11) is 3.83. The van der Waals surface area contributed by atoms with Crippen LogP contribution < -0.4 is 9.47 Å². The van der Waals surface area contributed by atoms with Gasteiger partial charge in [0.15, 0.2) is 18.2 Å². The van der Waals surface area contributed by atoms with Gasteiger partial charge in [0.05, 0.1) is 62.9 Å². The Balaban J connectivity index is 0.000000378. The van der Waals surface area contributed by atoms with E-state index in [4.69, 9.17) is 33.2 Å². The van der Waals surface area contributed by atoms with Crippen LogP contribution in [0.25, 0.3) is 0 Å². The Labute approximate surface area is 578 Å². The average molecular weight is 1390 g/mol. The number of ether oxygens (including phenoxy) is 8. The molecule has 0 bridgehead atoms. The first-order valence-corrected chi connectivity index (χ1v) is 36.0. The van der Waals surface area contributed by atoms with Crippen molar-refractivity contribution in [3.63, 3.8) is 0 Å². The second-order valence-electron chi connectivity index (χ2n) is 33.1. The van der Waals surface area contributed by atoms with Crippen LogP contribution in [0.4, 0.5) is 0 Å². The lowest BCUT2D eigenvalue weighted by Crippen LogP contribution is -2.73. The number of aliphatic hydroxyl groups is 5. The molecule has 2 aromatic rings. The van der Waals surface area contributed by atoms with Gasteiger partial charge < -0.3 is 78.7 Å². The summed E-state index contributed by atoms with van der Waals surface area (Å²) in [6.07, 6.45) is 2.36. The summed E-state index contributed by atoms with van der Waals surface area (Å²) in [5.41, 5.74) is -1.84. The van der Waals surface area contributed by atoms with Crippen LogP contribution in [-0.4, -0.2) is 166 Å². The highest BCUT2D eigenvalue weighted by molar-refractivity contribution is 6.07. The Morgan fingerprint density at radius 2 is 1.22 bits per heavy atom. The number of rotatable bonds is 15. The number of methoxy groups -OCH3 is 3. The Bertz CT molecular complexity index is 3550. The molecule has 7 aliphatic carbocycles. The maximum Gasteiger partial charge on any atom is 0.341 e. The first-order chi connectivity index (χ1) is 46.6. The minimum Gasteiger partial charge on any atom is -0.493 e. The van der Waals surface area contributed by atoms with Gasteiger partial charge in [0, 0.05) is 60.1 Å². The summed E-state index contributed by atoms with van der Waals surface area (Å²) in [5.74, 6) is -5.59. The molecule has 9 unspecified atom stereocenters. The fourth-order valence-corrected chi connectivity index (χ4v) is 24.8. The van der Waals surface area contributed by atoms with Crippen LogP contribution in [0.3, 0.4) is 0 Å². The van der Waals surface area contributed by atoms with E-state index in [1.807, 2.05) is 0 Å². The number of aromatic carboxylic acids is 1. The fraction of sp³-hybridized carbons (Fsp3) is 0.750. The normalized spacial score (nSPS) is 43.5. The highest BCUT2D eigenvalue weighted by atomic mass is 16.7. The average Bonchev–Trinajstić information content (AvgIpc) is 0.957. The van der Waals surface area contributed by atoms with Gasteiger partial charge in [0.1, 0.15) is 35.4 Å². The van der Waals surface area contributed by atoms with Crippen LogP contribution in [0.1, 0.15) is 212 Å². The van der Waals surface area contributed by atoms with Crippen LogP contribution in [0, 0.1) is 91.2 Å². The Morgan fingerprint density at radius 3 is 1.84 bits per heavy atom. The van der Waals surface area contributed by atoms with E-state index >= 15 is 0 Å². The third-order valence-electron chi connectivity index (χ3n) is 29.7. The summed E-state index contributed by atoms with van der Waals surface area (Å²) in [4.78, 5) is 86.9. The number of aliphatic hydroxyl groups excluding tert-OH is 4. The number of carbonyl (C=O) groups excluding carboxylic acids is 4. The predicted octanol–water partition coefficient (Wildman–Crippen LogP) is 8.86. The molecule has 4 heterocycles. The molecule has 7 saturated carbocycles. The number of ketones is 1. The molecule has 24 atom stereocenters. The molecule has 11 aliphatic rings. The second kappa shape index (κ2) is 25.9. The number of esters is 3. The van der Waals surface area contributed by atoms with Gasteiger partial charge in [0.25, 0.3) is 0 Å². The Hall–Kier alpha value is -5.79. The van der Waals surface area contributed by atoms with Gasteiger partial charge >= 0.3 is 35.8 Å². The van der Waals surface area contributed by atoms with Gasteiger partial charge in [-0.3, -0.25) is 19.2 Å². The molecule has 2 aromatic carbocycles. The van der Waals surface area contributed by atoms with Crippen molar-refractivity contribution in [2.45, 2.75) is 226 Å². The van der Waals surface area contributed by atoms with E-state index in [0.717, 1.165) is 57.8 Å². The maximum absolute atomic E-state index is 14.0. The second-order valence-corrected chi connectivity index (χ2v) is 33.1. The predicted molar refractivity (Wildman–Crippen MR) is 352 cm³/mol. The zero-order valence-corrected chi connectivity index (χ0v) is 59.2. The van der Waals surface area contributed by atoms with Gasteiger partial charge in [-0.05, 0) is 202 Å². The molecule has 4 aliphatic heterocycles. The van der Waals surface area contributed by atoms with Gasteiger partial charge in [-0.1, -0.05) is 48.5 Å². The van der Waals surface area contributed by atoms with Crippen molar-refractivity contribution >= 4 is 41.6 Å². The largest absolute Gasteiger partial charge is 0.493 e. The molecule has 23 nitrogen and oxygen atoms in total. The van der Waals surface area contributed by atoms with Crippen molar-refractivity contribution < 1.29 is 112 Å². The smallest absolute Gasteiger partial charge is 0.341 e. The van der Waals surface area contributed by atoms with Gasteiger partial charge in [-0.15, -0.1) is 0 Å². The minimum absolute atomic E-state index is 0.000783. The Kier molecular flexibility index (Phi) is 19.1. The van der Waals surface area contributed by atoms with Crippen molar-refractivity contribution in [2.75, 3.05) is 41.2 Å². The number of carboxylic acids is 3. The highest BCUT2D eigenvalue weighted by Crippen LogP contribution is 2.81. The van der Waals surface area contributed by atoms with Gasteiger partial charge in [-0.25, -0.2) is 14.4 Å². The van der Waals surface area contributed by atoms with Crippen LogP contribution in [0.15, 0.2) is 24.3 Å². The topological polar surface area (TPSA) is 355 Å². The number of fused-ring (bicyclic) bond motifs is 17. The molecule has 1 saturated heterocycles. The molecule has 23 heteroatoms. The van der Waals surface area contributed by atoms with E-state index in [1.54, 1.807) is 25.1 Å². The van der Waals surface area contributed by atoms with E-state index in [-0.39, 0.29) is 124 Å². The van der Waals surface area contributed by atoms with Crippen molar-refractivity contribution in [2.24, 2.45) is 91.2 Å². The number of Topliss-reactive ketones (excluding diaryl/α,β-unsaturated/α-hetero) is 1. The number of cyclic esters (lactones) is 1. The molecular weight excluding hydrogens is 1280 g/mol. The van der Waals surface area contributed by atoms with Crippen LogP contribution in [0.2, 0.25) is 0 Å². The fourth-order valence-electron chi connectivity index (χ4n) is 24.8. The lowest BCUT2D eigenvalue weighted by molar-refractivity contribution is -0.335. The van der Waals surface area contributed by atoms with E-state index in [1.165, 1.54) is 27.4 Å². The maximum atomic E-state index is 14.0. The van der Waals surface area contributed by atoms with Gasteiger partial charge in [0.2, 0.25) is 5.79 Å². The third kappa shape index (κ3) is 10.7. The number of carbonyl (C=O) groups is 7. The zero-order chi connectivity index (χ0) is 71.9. The summed E-state index contributed by atoms with van der Waals surface area (Å²) < 4.78 is 45.2. The monoisotopic (exact) mass is 1380 g/mol. The van der Waals surface area contributed by atoms with E-state index in [2.05, 4.69) is 53.2 Å². The van der Waals surface area contributed by atoms with Crippen LogP contribution in [-0.2, 0) is 66.2 Å². The van der Waals surface area contributed by atoms with Gasteiger partial charge in [-0.2, -0.15) is 0 Å². The summed E-state index contributed by atoms with van der Waals surface area (Å²) in [6.45, 7) is 19.2. The number of aliphatic carboxylic acids is 2. The SMILES string of the molecule is COC(=O)CCC(=O)c1ccc2c(c1C(=O)O)CCCO2.COC(=O)CCC1(O)OC(=O)c2c1ccc1c2CC2[C@](CO)(CCC3[C@@]2(C)CCC2[C@]4(C)CCC5[C@]6(C)CCC7[C@@](C)(C(=O)O)C(O[C@@H]8O[C@H](C(=O)O)[C@@H](O)[C@H](O)[C@H]8OC)C[C@@H](C)[C@]7(C)C6C[C@@H](C)[C@]5(C)C4CC[C@]32CO)O1. The van der Waals surface area contributed by atoms with Crippen LogP contribution in [0.5, 0.6) is 11.5 Å². The Morgan fingerprint density at radius 1 is 0.636 bits per heavy atom. The lowest BCUT2D eigenvalue weighted by Gasteiger charge is -2.77. The molecule has 8 N–H and O–H groups in total. The first-order valence-electron chi connectivity index (χ1n) is 36.0. The number of carboxylic acid groups (broad SMARTS) is 3. The summed E-state index contributed by atoms with van der Waals surface area (Å²) in [5, 5.41) is 87.7. The molecular formula is C76H104O23. The molecule has 0 spiro atoms. The van der Waals surface area contributed by atoms with Crippen molar-refractivity contribution in [3.05, 3.63) is 57.6 Å². The molecule has 8 fully saturated rings. The van der Waals surface area contributed by atoms with E-state index in [9.17, 15) is 74.4 Å². The van der Waals surface area contributed by atoms with Crippen LogP contribution >= 0.6 is 0 Å². The summed E-state index contributed by atoms with van der Waals surface area (Å²) in [6, 6.07) is 6.47. The molecule has 0 aromatic heterocycles. The number of hydrogen-bond acceptors (Lipinski definition) is 20. The number of hydrogen-bond donors (Lipinski definition) is 8. The van der Waals surface area contributed by atoms with Crippen molar-refractivity contribution in [1.29, 1.82) is 0 Å². The molecule has 0 amide bonds. The first kappa shape index (κ1) is 73.0. The molecule has 99 heavy (non-hydrogen) atoms. The molecule has 13 rings (SSSR count). The standard InChI is InChI=1S/C61H88O17.C15H16O6/c1-30-25-40-54(4,21-15-39-57(40,7)31(2)26-42(58(39,8)52(70)71)75-51-48(74-10)46(66)45(65)47(76-51)49(67)68)35-13-19-53(3)36(56(30,35)6)16-22-59(28-62)37(53)14-20-55(5)38(59)17-23-60(29-63)41(55)27-32-34(77-60)12-11-33-44(32)50(69)78-61(33,72)24-18-43(64)73-9;1-20-13(17)7-5-11(16)9-4-6-12-10(3-2-8-21-12)14(9)15(18)19/h11-12,30-31,35-42,45-48,51,62-63,65-66,72H,13-29H2,1-10H3,(H,67,68)(H,70,71);4,6H,2-3,5,7-8H2,1H3,(H,18,19)/t30-,31-,35?,36?,37?,38?,39?,40?,41?,42?,45+,46+,47+,48-,51-,53-,54+,55-,56+,57+,58-,59-,60-,61?;/m1./s1. The molecule has 0 radical (unpaired) electrons. The highest BCUT2D eigenvalue weighted by Gasteiger charge is 2.77.